The van der Waals surface area contributed by atoms with E-state index in [1.165, 1.54) is 49.9 Å². The maximum absolute atomic E-state index is 13.7. The SMILES string of the molecule is CN1CCC(Nc2ccc3c(n2)nc(-c2ccc(F)cc2)n3-c2ccnc(NC3CCCC3)n2)CC1.Fc1ccc(-c2nc3nc(NC4CCNCC4)ccc3n2-c2ccnc(NC3CCCC3)n2)cc1. The molecular formula is C53H60F2N16. The van der Waals surface area contributed by atoms with Crippen LogP contribution in [0, 0.1) is 11.6 Å². The Hall–Kier alpha value is -7.18. The summed E-state index contributed by atoms with van der Waals surface area (Å²) >= 11 is 0. The second-order valence-corrected chi connectivity index (χ2v) is 19.3. The molecule has 0 amide bonds. The number of nitrogens with one attached hydrogen (secondary N) is 5. The van der Waals surface area contributed by atoms with Gasteiger partial charge in [0.15, 0.2) is 11.3 Å². The molecule has 2 aliphatic heterocycles. The van der Waals surface area contributed by atoms with Crippen molar-refractivity contribution >= 4 is 45.9 Å². The maximum Gasteiger partial charge on any atom is 0.224 e. The molecule has 18 heteroatoms. The number of rotatable bonds is 12. The fourth-order valence-corrected chi connectivity index (χ4v) is 10.3. The minimum Gasteiger partial charge on any atom is -0.367 e. The van der Waals surface area contributed by atoms with E-state index < -0.39 is 0 Å². The number of imidazole rings is 2. The molecule has 2 saturated carbocycles. The molecular weight excluding hydrogens is 899 g/mol. The Balaban J connectivity index is 0.000000154. The molecule has 8 aromatic rings. The number of hydrogen-bond acceptors (Lipinski definition) is 14. The van der Waals surface area contributed by atoms with Crippen molar-refractivity contribution in [2.45, 2.75) is 101 Å². The lowest BCUT2D eigenvalue weighted by Gasteiger charge is -2.29. The first-order valence-electron chi connectivity index (χ1n) is 25.3. The monoisotopic (exact) mass is 959 g/mol. The van der Waals surface area contributed by atoms with Crippen LogP contribution < -0.4 is 26.6 Å². The molecule has 2 aliphatic carbocycles. The van der Waals surface area contributed by atoms with Crippen molar-refractivity contribution in [1.29, 1.82) is 0 Å². The Morgan fingerprint density at radius 1 is 0.465 bits per heavy atom. The number of fused-ring (bicyclic) bond motifs is 2. The topological polar surface area (TPSA) is 176 Å². The highest BCUT2D eigenvalue weighted by atomic mass is 19.1. The van der Waals surface area contributed by atoms with Crippen LogP contribution in [0.4, 0.5) is 32.3 Å². The van der Waals surface area contributed by atoms with Gasteiger partial charge in [-0.3, -0.25) is 9.13 Å². The van der Waals surface area contributed by atoms with Crippen molar-refractivity contribution in [3.05, 3.63) is 109 Å². The van der Waals surface area contributed by atoms with Crippen LogP contribution in [0.3, 0.4) is 0 Å². The Kier molecular flexibility index (Phi) is 13.7. The second-order valence-electron chi connectivity index (χ2n) is 19.3. The van der Waals surface area contributed by atoms with Crippen LogP contribution in [0.1, 0.15) is 77.0 Å². The van der Waals surface area contributed by atoms with E-state index in [9.17, 15) is 8.78 Å². The Morgan fingerprint density at radius 3 is 1.34 bits per heavy atom. The third-order valence-corrected chi connectivity index (χ3v) is 14.1. The molecule has 366 valence electrons. The van der Waals surface area contributed by atoms with Crippen molar-refractivity contribution in [1.82, 2.24) is 59.2 Å². The van der Waals surface area contributed by atoms with Crippen molar-refractivity contribution in [3.63, 3.8) is 0 Å². The number of aromatic nitrogens is 10. The van der Waals surface area contributed by atoms with Gasteiger partial charge in [0.2, 0.25) is 11.9 Å². The summed E-state index contributed by atoms with van der Waals surface area (Å²) in [6, 6.07) is 26.2. The molecule has 0 radical (unpaired) electrons. The van der Waals surface area contributed by atoms with E-state index in [4.69, 9.17) is 29.9 Å². The molecule has 2 aromatic carbocycles. The molecule has 0 bridgehead atoms. The normalized spacial score (nSPS) is 17.4. The summed E-state index contributed by atoms with van der Waals surface area (Å²) in [6.45, 7) is 4.17. The predicted octanol–water partition coefficient (Wildman–Crippen LogP) is 9.41. The molecule has 4 fully saturated rings. The van der Waals surface area contributed by atoms with Gasteiger partial charge in [-0.25, -0.2) is 38.7 Å². The van der Waals surface area contributed by atoms with Gasteiger partial charge in [-0.1, -0.05) is 25.7 Å². The van der Waals surface area contributed by atoms with Crippen LogP contribution in [0.5, 0.6) is 0 Å². The van der Waals surface area contributed by atoms with E-state index in [1.54, 1.807) is 36.7 Å². The average Bonchev–Trinajstić information content (AvgIpc) is 4.24. The predicted molar refractivity (Wildman–Crippen MR) is 275 cm³/mol. The molecule has 16 nitrogen and oxygen atoms in total. The first-order valence-corrected chi connectivity index (χ1v) is 25.3. The molecule has 71 heavy (non-hydrogen) atoms. The van der Waals surface area contributed by atoms with Crippen molar-refractivity contribution < 1.29 is 8.78 Å². The molecule has 5 N–H and O–H groups in total. The lowest BCUT2D eigenvalue weighted by molar-refractivity contribution is 0.263. The highest BCUT2D eigenvalue weighted by Crippen LogP contribution is 2.32. The number of hydrogen-bond donors (Lipinski definition) is 5. The minimum atomic E-state index is -0.284. The third kappa shape index (κ3) is 10.8. The number of piperidine rings is 2. The van der Waals surface area contributed by atoms with E-state index in [0.29, 0.717) is 70.6 Å². The maximum atomic E-state index is 13.7. The number of nitrogens with zero attached hydrogens (tertiary/aromatic N) is 11. The van der Waals surface area contributed by atoms with Gasteiger partial charge < -0.3 is 31.5 Å². The van der Waals surface area contributed by atoms with Gasteiger partial charge in [0.05, 0.1) is 11.0 Å². The van der Waals surface area contributed by atoms with E-state index in [-0.39, 0.29) is 11.6 Å². The molecule has 2 saturated heterocycles. The fourth-order valence-electron chi connectivity index (χ4n) is 10.3. The molecule has 0 spiro atoms. The summed E-state index contributed by atoms with van der Waals surface area (Å²) < 4.78 is 31.3. The number of anilines is 4. The summed E-state index contributed by atoms with van der Waals surface area (Å²) in [6.07, 6.45) is 17.3. The van der Waals surface area contributed by atoms with Gasteiger partial charge in [0.25, 0.3) is 0 Å². The molecule has 0 atom stereocenters. The zero-order valence-corrected chi connectivity index (χ0v) is 40.0. The highest BCUT2D eigenvalue weighted by molar-refractivity contribution is 5.82. The molecule has 4 aliphatic rings. The minimum absolute atomic E-state index is 0.283. The van der Waals surface area contributed by atoms with Gasteiger partial charge >= 0.3 is 0 Å². The molecule has 6 aromatic heterocycles. The van der Waals surface area contributed by atoms with E-state index in [1.807, 2.05) is 45.5 Å². The number of likely N-dealkylation sites (tertiary alicyclic amines) is 1. The van der Waals surface area contributed by atoms with E-state index in [0.717, 1.165) is 111 Å². The first-order chi connectivity index (χ1) is 34.8. The summed E-state index contributed by atoms with van der Waals surface area (Å²) in [4.78, 5) is 40.4. The van der Waals surface area contributed by atoms with Crippen LogP contribution in [0.25, 0.3) is 56.7 Å². The van der Waals surface area contributed by atoms with Crippen molar-refractivity contribution in [2.24, 2.45) is 0 Å². The van der Waals surface area contributed by atoms with E-state index >= 15 is 0 Å². The lowest BCUT2D eigenvalue weighted by atomic mass is 10.1. The van der Waals surface area contributed by atoms with Gasteiger partial charge in [-0.2, -0.15) is 9.97 Å². The zero-order valence-electron chi connectivity index (χ0n) is 40.0. The summed E-state index contributed by atoms with van der Waals surface area (Å²) in [5, 5.41) is 17.5. The number of pyridine rings is 2. The van der Waals surface area contributed by atoms with Gasteiger partial charge in [0.1, 0.15) is 46.6 Å². The zero-order chi connectivity index (χ0) is 48.1. The number of benzene rings is 2. The fraction of sp³-hybridized carbons (Fsp3) is 0.396. The number of halogens is 2. The smallest absolute Gasteiger partial charge is 0.224 e. The van der Waals surface area contributed by atoms with Gasteiger partial charge in [0, 0.05) is 47.7 Å². The Labute approximate surface area is 411 Å². The second kappa shape index (κ2) is 21.0. The van der Waals surface area contributed by atoms with Crippen LogP contribution in [-0.4, -0.2) is 111 Å². The highest BCUT2D eigenvalue weighted by Gasteiger charge is 2.24. The Bertz CT molecular complexity index is 3060. The van der Waals surface area contributed by atoms with Crippen LogP contribution in [0.15, 0.2) is 97.3 Å². The quantitative estimate of drug-likeness (QED) is 0.0783. The third-order valence-electron chi connectivity index (χ3n) is 14.1. The molecule has 0 unspecified atom stereocenters. The largest absolute Gasteiger partial charge is 0.367 e. The van der Waals surface area contributed by atoms with Crippen LogP contribution in [-0.2, 0) is 0 Å². The standard InChI is InChI=1S/C27H31FN8.C26H29FN8/c1-35-16-13-21(14-17-35)30-23-11-10-22-25(32-23)34-26(18-6-8-19(28)9-7-18)36(22)24-12-15-29-27(33-24)31-20-4-2-3-5-20;27-18-7-5-17(6-8-18)25-34-24-21(9-10-22(32-24)30-20-11-14-28-15-12-20)35(25)23-13-16-29-26(33-23)31-19-3-1-2-4-19/h6-12,15,20-21H,2-5,13-14,16-17H2,1H3,(H,30,32)(H,29,31,33);5-10,13,16,19-20,28H,1-4,11-12,14-15H2,(H,30,32)(H,29,31,33). The molecule has 12 rings (SSSR count). The Morgan fingerprint density at radius 2 is 0.887 bits per heavy atom. The average molecular weight is 959 g/mol. The van der Waals surface area contributed by atoms with Crippen molar-refractivity contribution in [2.75, 3.05) is 54.5 Å². The van der Waals surface area contributed by atoms with Crippen LogP contribution in [0.2, 0.25) is 0 Å². The summed E-state index contributed by atoms with van der Waals surface area (Å²) in [5.41, 5.74) is 4.51. The molecule has 8 heterocycles. The van der Waals surface area contributed by atoms with Crippen LogP contribution >= 0.6 is 0 Å². The lowest BCUT2D eigenvalue weighted by Crippen LogP contribution is -2.36. The van der Waals surface area contributed by atoms with Crippen molar-refractivity contribution in [3.8, 4) is 34.4 Å². The van der Waals surface area contributed by atoms with E-state index in [2.05, 4.69) is 48.5 Å². The summed E-state index contributed by atoms with van der Waals surface area (Å²) in [7, 11) is 2.16. The summed E-state index contributed by atoms with van der Waals surface area (Å²) in [5.74, 6) is 5.01. The van der Waals surface area contributed by atoms with Gasteiger partial charge in [-0.15, -0.1) is 0 Å². The first kappa shape index (κ1) is 46.2. The van der Waals surface area contributed by atoms with Gasteiger partial charge in [-0.05, 0) is 170 Å².